The van der Waals surface area contributed by atoms with E-state index in [2.05, 4.69) is 68.1 Å². The van der Waals surface area contributed by atoms with E-state index in [1.54, 1.807) is 0 Å². The van der Waals surface area contributed by atoms with Crippen molar-refractivity contribution in [2.24, 2.45) is 5.92 Å². The first-order valence-corrected chi connectivity index (χ1v) is 8.52. The zero-order chi connectivity index (χ0) is 17.3. The van der Waals surface area contributed by atoms with E-state index in [9.17, 15) is 4.79 Å². The number of carbonyl (C=O) groups excluding carboxylic acids is 1. The molecule has 0 spiro atoms. The summed E-state index contributed by atoms with van der Waals surface area (Å²) in [7, 11) is 1.46. The van der Waals surface area contributed by atoms with Crippen molar-refractivity contribution in [2.75, 3.05) is 25.1 Å². The summed E-state index contributed by atoms with van der Waals surface area (Å²) < 4.78 is 4.83. The highest BCUT2D eigenvalue weighted by Gasteiger charge is 2.33. The summed E-state index contributed by atoms with van der Waals surface area (Å²) in [4.78, 5) is 13.8. The van der Waals surface area contributed by atoms with Crippen LogP contribution in [0.25, 0.3) is 11.1 Å². The lowest BCUT2D eigenvalue weighted by atomic mass is 9.94. The van der Waals surface area contributed by atoms with Crippen molar-refractivity contribution >= 4 is 11.7 Å². The van der Waals surface area contributed by atoms with Gasteiger partial charge in [0.1, 0.15) is 0 Å². The topological polar surface area (TPSA) is 29.5 Å². The standard InChI is InChI=1S/C21H25NO2/c1-14(2)16-6-5-7-17(10-16)18-8-15(3)9-20(11-18)22-12-19(13-22)21(23)24-4/h5-11,14,19H,12-13H2,1-4H3. The van der Waals surface area contributed by atoms with Crippen LogP contribution in [0.2, 0.25) is 0 Å². The van der Waals surface area contributed by atoms with Crippen LogP contribution in [0.5, 0.6) is 0 Å². The van der Waals surface area contributed by atoms with Gasteiger partial charge in [-0.3, -0.25) is 4.79 Å². The van der Waals surface area contributed by atoms with Crippen molar-refractivity contribution in [2.45, 2.75) is 26.7 Å². The Balaban J connectivity index is 1.85. The summed E-state index contributed by atoms with van der Waals surface area (Å²) in [5.74, 6) is 0.414. The third kappa shape index (κ3) is 3.30. The maximum absolute atomic E-state index is 11.6. The van der Waals surface area contributed by atoms with Gasteiger partial charge in [-0.05, 0) is 47.2 Å². The molecule has 1 heterocycles. The number of rotatable bonds is 4. The van der Waals surface area contributed by atoms with Crippen LogP contribution in [-0.4, -0.2) is 26.2 Å². The van der Waals surface area contributed by atoms with E-state index < -0.39 is 0 Å². The summed E-state index contributed by atoms with van der Waals surface area (Å²) >= 11 is 0. The van der Waals surface area contributed by atoms with Crippen molar-refractivity contribution in [1.82, 2.24) is 0 Å². The van der Waals surface area contributed by atoms with E-state index in [1.807, 2.05) is 0 Å². The Bertz CT molecular complexity index is 745. The molecule has 0 atom stereocenters. The van der Waals surface area contributed by atoms with Crippen LogP contribution >= 0.6 is 0 Å². The molecule has 2 aromatic rings. The molecule has 0 radical (unpaired) electrons. The highest BCUT2D eigenvalue weighted by molar-refractivity contribution is 5.77. The predicted octanol–water partition coefficient (Wildman–Crippen LogP) is 4.39. The summed E-state index contributed by atoms with van der Waals surface area (Å²) in [6.45, 7) is 8.03. The van der Waals surface area contributed by atoms with Gasteiger partial charge in [-0.1, -0.05) is 44.2 Å². The largest absolute Gasteiger partial charge is 0.469 e. The van der Waals surface area contributed by atoms with E-state index in [-0.39, 0.29) is 11.9 Å². The lowest BCUT2D eigenvalue weighted by Gasteiger charge is -2.39. The average molecular weight is 323 g/mol. The summed E-state index contributed by atoms with van der Waals surface area (Å²) in [5.41, 5.74) is 6.24. The Hall–Kier alpha value is -2.29. The molecule has 24 heavy (non-hydrogen) atoms. The van der Waals surface area contributed by atoms with Gasteiger partial charge in [0.05, 0.1) is 13.0 Å². The Kier molecular flexibility index (Phi) is 4.61. The molecule has 2 aromatic carbocycles. The van der Waals surface area contributed by atoms with Crippen molar-refractivity contribution in [3.8, 4) is 11.1 Å². The van der Waals surface area contributed by atoms with Gasteiger partial charge in [-0.15, -0.1) is 0 Å². The van der Waals surface area contributed by atoms with Gasteiger partial charge >= 0.3 is 5.97 Å². The molecule has 0 saturated carbocycles. The number of carbonyl (C=O) groups is 1. The lowest BCUT2D eigenvalue weighted by Crippen LogP contribution is -2.50. The van der Waals surface area contributed by atoms with Crippen molar-refractivity contribution in [3.05, 3.63) is 53.6 Å². The fourth-order valence-electron chi connectivity index (χ4n) is 3.19. The first-order chi connectivity index (χ1) is 11.5. The fourth-order valence-corrected chi connectivity index (χ4v) is 3.19. The van der Waals surface area contributed by atoms with Crippen molar-refractivity contribution in [1.29, 1.82) is 0 Å². The number of anilines is 1. The summed E-state index contributed by atoms with van der Waals surface area (Å²) in [6, 6.07) is 15.4. The zero-order valence-corrected chi connectivity index (χ0v) is 14.9. The van der Waals surface area contributed by atoms with Crippen LogP contribution in [0.15, 0.2) is 42.5 Å². The minimum absolute atomic E-state index is 0.00299. The van der Waals surface area contributed by atoms with Crippen molar-refractivity contribution < 1.29 is 9.53 Å². The van der Waals surface area contributed by atoms with E-state index in [1.165, 1.54) is 35.1 Å². The third-order valence-corrected chi connectivity index (χ3v) is 4.73. The van der Waals surface area contributed by atoms with Crippen LogP contribution in [-0.2, 0) is 9.53 Å². The van der Waals surface area contributed by atoms with E-state index in [4.69, 9.17) is 4.74 Å². The number of benzene rings is 2. The molecular weight excluding hydrogens is 298 g/mol. The van der Waals surface area contributed by atoms with E-state index in [0.717, 1.165) is 13.1 Å². The first-order valence-electron chi connectivity index (χ1n) is 8.52. The zero-order valence-electron chi connectivity index (χ0n) is 14.9. The Morgan fingerprint density at radius 1 is 1.12 bits per heavy atom. The molecule has 126 valence electrons. The quantitative estimate of drug-likeness (QED) is 0.781. The third-order valence-electron chi connectivity index (χ3n) is 4.73. The van der Waals surface area contributed by atoms with Crippen molar-refractivity contribution in [3.63, 3.8) is 0 Å². The molecule has 1 aliphatic rings. The first kappa shape index (κ1) is 16.6. The Morgan fingerprint density at radius 3 is 2.54 bits per heavy atom. The van der Waals surface area contributed by atoms with Crippen LogP contribution in [0.3, 0.4) is 0 Å². The van der Waals surface area contributed by atoms with Crippen LogP contribution in [0, 0.1) is 12.8 Å². The number of hydrogen-bond acceptors (Lipinski definition) is 3. The molecule has 0 aromatic heterocycles. The molecule has 0 bridgehead atoms. The smallest absolute Gasteiger partial charge is 0.312 e. The minimum Gasteiger partial charge on any atom is -0.469 e. The second kappa shape index (κ2) is 6.68. The second-order valence-corrected chi connectivity index (χ2v) is 6.96. The number of ether oxygens (including phenoxy) is 1. The number of nitrogens with zero attached hydrogens (tertiary/aromatic N) is 1. The molecule has 3 rings (SSSR count). The number of hydrogen-bond donors (Lipinski definition) is 0. The van der Waals surface area contributed by atoms with Gasteiger partial charge in [0, 0.05) is 18.8 Å². The van der Waals surface area contributed by atoms with Gasteiger partial charge in [-0.2, -0.15) is 0 Å². The molecule has 1 fully saturated rings. The maximum atomic E-state index is 11.6. The molecular formula is C21H25NO2. The van der Waals surface area contributed by atoms with Gasteiger partial charge in [0.25, 0.3) is 0 Å². The molecule has 1 saturated heterocycles. The van der Waals surface area contributed by atoms with Gasteiger partial charge in [0.2, 0.25) is 0 Å². The molecule has 0 unspecified atom stereocenters. The predicted molar refractivity (Wildman–Crippen MR) is 98.4 cm³/mol. The monoisotopic (exact) mass is 323 g/mol. The molecule has 0 amide bonds. The lowest BCUT2D eigenvalue weighted by molar-refractivity contribution is -0.146. The average Bonchev–Trinajstić information content (AvgIpc) is 2.53. The number of aryl methyl sites for hydroxylation is 1. The maximum Gasteiger partial charge on any atom is 0.312 e. The molecule has 3 heteroatoms. The Morgan fingerprint density at radius 2 is 1.88 bits per heavy atom. The van der Waals surface area contributed by atoms with Gasteiger partial charge < -0.3 is 9.64 Å². The molecule has 0 N–H and O–H groups in total. The number of methoxy groups -OCH3 is 1. The van der Waals surface area contributed by atoms with Crippen LogP contribution in [0.4, 0.5) is 5.69 Å². The van der Waals surface area contributed by atoms with Gasteiger partial charge in [-0.25, -0.2) is 0 Å². The summed E-state index contributed by atoms with van der Waals surface area (Å²) in [5, 5.41) is 0. The van der Waals surface area contributed by atoms with Gasteiger partial charge in [0.15, 0.2) is 0 Å². The normalized spacial score (nSPS) is 14.6. The fraction of sp³-hybridized carbons (Fsp3) is 0.381. The highest BCUT2D eigenvalue weighted by Crippen LogP contribution is 2.32. The molecule has 3 nitrogen and oxygen atoms in total. The highest BCUT2D eigenvalue weighted by atomic mass is 16.5. The minimum atomic E-state index is -0.108. The number of esters is 1. The Labute approximate surface area is 144 Å². The van der Waals surface area contributed by atoms with Crippen LogP contribution < -0.4 is 4.90 Å². The van der Waals surface area contributed by atoms with E-state index in [0.29, 0.717) is 5.92 Å². The molecule has 1 aliphatic heterocycles. The second-order valence-electron chi connectivity index (χ2n) is 6.96. The summed E-state index contributed by atoms with van der Waals surface area (Å²) in [6.07, 6.45) is 0. The van der Waals surface area contributed by atoms with Crippen LogP contribution in [0.1, 0.15) is 30.9 Å². The van der Waals surface area contributed by atoms with E-state index >= 15 is 0 Å². The SMILES string of the molecule is COC(=O)C1CN(c2cc(C)cc(-c3cccc(C(C)C)c3)c2)C1. The molecule has 0 aliphatic carbocycles.